The molecule has 0 saturated heterocycles. The second-order valence-electron chi connectivity index (χ2n) is 2.35. The zero-order valence-corrected chi connectivity index (χ0v) is 6.47. The van der Waals surface area contributed by atoms with Gasteiger partial charge in [0.15, 0.2) is 0 Å². The van der Waals surface area contributed by atoms with E-state index in [-0.39, 0.29) is 17.5 Å². The highest BCUT2D eigenvalue weighted by atomic mass is 19.3. The number of halogens is 3. The average molecular weight is 186 g/mol. The SMILES string of the molecule is N#CCc1cc(C(F)F)cnc1F. The first kappa shape index (κ1) is 9.52. The summed E-state index contributed by atoms with van der Waals surface area (Å²) in [6.45, 7) is 0. The van der Waals surface area contributed by atoms with Crippen LogP contribution in [0.2, 0.25) is 0 Å². The molecule has 13 heavy (non-hydrogen) atoms. The number of pyridine rings is 1. The maximum Gasteiger partial charge on any atom is 0.265 e. The van der Waals surface area contributed by atoms with Crippen molar-refractivity contribution in [1.29, 1.82) is 5.26 Å². The van der Waals surface area contributed by atoms with Crippen LogP contribution < -0.4 is 0 Å². The smallest absolute Gasteiger partial charge is 0.228 e. The highest BCUT2D eigenvalue weighted by Crippen LogP contribution is 2.19. The number of hydrogen-bond acceptors (Lipinski definition) is 2. The molecule has 68 valence electrons. The lowest BCUT2D eigenvalue weighted by atomic mass is 10.1. The summed E-state index contributed by atoms with van der Waals surface area (Å²) in [6.07, 6.45) is -2.18. The maximum atomic E-state index is 12.7. The second kappa shape index (κ2) is 3.90. The van der Waals surface area contributed by atoms with Crippen LogP contribution in [-0.2, 0) is 6.42 Å². The van der Waals surface area contributed by atoms with Crippen molar-refractivity contribution in [2.24, 2.45) is 0 Å². The van der Waals surface area contributed by atoms with E-state index in [2.05, 4.69) is 4.98 Å². The molecule has 0 aliphatic rings. The molecule has 0 aliphatic heterocycles. The van der Waals surface area contributed by atoms with Gasteiger partial charge in [-0.25, -0.2) is 13.8 Å². The Hall–Kier alpha value is -1.57. The zero-order chi connectivity index (χ0) is 9.84. The fourth-order valence-electron chi connectivity index (χ4n) is 0.841. The lowest BCUT2D eigenvalue weighted by molar-refractivity contribution is 0.150. The molecule has 0 aliphatic carbocycles. The Balaban J connectivity index is 3.05. The largest absolute Gasteiger partial charge is 0.265 e. The summed E-state index contributed by atoms with van der Waals surface area (Å²) in [5.74, 6) is -0.869. The molecule has 2 nitrogen and oxygen atoms in total. The molecular weight excluding hydrogens is 181 g/mol. The summed E-state index contributed by atoms with van der Waals surface area (Å²) >= 11 is 0. The van der Waals surface area contributed by atoms with Gasteiger partial charge in [0.05, 0.1) is 12.5 Å². The molecule has 1 rings (SSSR count). The van der Waals surface area contributed by atoms with Gasteiger partial charge in [-0.05, 0) is 6.07 Å². The third kappa shape index (κ3) is 2.18. The van der Waals surface area contributed by atoms with Crippen molar-refractivity contribution < 1.29 is 13.2 Å². The van der Waals surface area contributed by atoms with Gasteiger partial charge >= 0.3 is 0 Å². The van der Waals surface area contributed by atoms with Gasteiger partial charge in [0.2, 0.25) is 5.95 Å². The third-order valence-corrected chi connectivity index (χ3v) is 1.45. The molecule has 0 unspecified atom stereocenters. The van der Waals surface area contributed by atoms with E-state index in [0.29, 0.717) is 0 Å². The second-order valence-corrected chi connectivity index (χ2v) is 2.35. The van der Waals surface area contributed by atoms with Crippen LogP contribution in [-0.4, -0.2) is 4.98 Å². The van der Waals surface area contributed by atoms with E-state index in [4.69, 9.17) is 5.26 Å². The van der Waals surface area contributed by atoms with Gasteiger partial charge in [-0.2, -0.15) is 9.65 Å². The summed E-state index contributed by atoms with van der Waals surface area (Å²) in [4.78, 5) is 3.12. The van der Waals surface area contributed by atoms with Crippen LogP contribution in [0.4, 0.5) is 13.2 Å². The van der Waals surface area contributed by atoms with Gasteiger partial charge in [-0.1, -0.05) is 0 Å². The first-order valence-electron chi connectivity index (χ1n) is 3.44. The molecule has 0 bridgehead atoms. The lowest BCUT2D eigenvalue weighted by Gasteiger charge is -2.01. The Bertz CT molecular complexity index is 344. The normalized spacial score (nSPS) is 10.1. The average Bonchev–Trinajstić information content (AvgIpc) is 2.08. The Kier molecular flexibility index (Phi) is 2.85. The lowest BCUT2D eigenvalue weighted by Crippen LogP contribution is -1.96. The first-order chi connectivity index (χ1) is 6.15. The summed E-state index contributed by atoms with van der Waals surface area (Å²) in [5, 5.41) is 8.24. The number of nitrogens with zero attached hydrogens (tertiary/aromatic N) is 2. The minimum absolute atomic E-state index is 0.0969. The van der Waals surface area contributed by atoms with Crippen LogP contribution >= 0.6 is 0 Å². The van der Waals surface area contributed by atoms with E-state index in [9.17, 15) is 13.2 Å². The highest BCUT2D eigenvalue weighted by molar-refractivity contribution is 5.22. The van der Waals surface area contributed by atoms with Crippen LogP contribution in [0.25, 0.3) is 0 Å². The van der Waals surface area contributed by atoms with Crippen molar-refractivity contribution in [2.45, 2.75) is 12.8 Å². The summed E-state index contributed by atoms with van der Waals surface area (Å²) in [5.41, 5.74) is -0.466. The van der Waals surface area contributed by atoms with E-state index in [1.807, 2.05) is 0 Å². The highest BCUT2D eigenvalue weighted by Gasteiger charge is 2.11. The van der Waals surface area contributed by atoms with Crippen LogP contribution in [0, 0.1) is 17.3 Å². The first-order valence-corrected chi connectivity index (χ1v) is 3.44. The van der Waals surface area contributed by atoms with Crippen molar-refractivity contribution in [2.75, 3.05) is 0 Å². The zero-order valence-electron chi connectivity index (χ0n) is 6.47. The number of rotatable bonds is 2. The van der Waals surface area contributed by atoms with Gasteiger partial charge in [0.1, 0.15) is 0 Å². The van der Waals surface area contributed by atoms with Gasteiger partial charge in [-0.3, -0.25) is 0 Å². The molecule has 0 atom stereocenters. The molecule has 0 aromatic carbocycles. The molecule has 0 radical (unpaired) electrons. The standard InChI is InChI=1S/C8H5F3N2/c9-7(10)6-3-5(1-2-12)8(11)13-4-6/h3-4,7H,1H2. The molecule has 5 heteroatoms. The van der Waals surface area contributed by atoms with Crippen molar-refractivity contribution >= 4 is 0 Å². The van der Waals surface area contributed by atoms with E-state index in [1.165, 1.54) is 0 Å². The van der Waals surface area contributed by atoms with Gasteiger partial charge in [-0.15, -0.1) is 0 Å². The number of alkyl halides is 2. The predicted molar refractivity (Wildman–Crippen MR) is 38.5 cm³/mol. The summed E-state index contributed by atoms with van der Waals surface area (Å²) in [6, 6.07) is 2.62. The Morgan fingerprint density at radius 2 is 2.23 bits per heavy atom. The predicted octanol–water partition coefficient (Wildman–Crippen LogP) is 2.22. The Morgan fingerprint density at radius 3 is 2.77 bits per heavy atom. The minimum atomic E-state index is -2.69. The van der Waals surface area contributed by atoms with Crippen LogP contribution in [0.15, 0.2) is 12.3 Å². The molecule has 0 spiro atoms. The monoisotopic (exact) mass is 186 g/mol. The minimum Gasteiger partial charge on any atom is -0.228 e. The molecule has 1 heterocycles. The number of aromatic nitrogens is 1. The fraction of sp³-hybridized carbons (Fsp3) is 0.250. The molecule has 0 amide bonds. The van der Waals surface area contributed by atoms with Gasteiger partial charge in [0, 0.05) is 17.3 Å². The molecule has 0 saturated carbocycles. The third-order valence-electron chi connectivity index (χ3n) is 1.45. The Labute approximate surface area is 72.6 Å². The maximum absolute atomic E-state index is 12.7. The van der Waals surface area contributed by atoms with Crippen LogP contribution in [0.5, 0.6) is 0 Å². The summed E-state index contributed by atoms with van der Waals surface area (Å²) in [7, 11) is 0. The van der Waals surface area contributed by atoms with Gasteiger partial charge in [0.25, 0.3) is 6.43 Å². The van der Waals surface area contributed by atoms with E-state index in [1.54, 1.807) is 6.07 Å². The molecule has 1 aromatic rings. The van der Waals surface area contributed by atoms with Crippen molar-refractivity contribution in [1.82, 2.24) is 4.98 Å². The van der Waals surface area contributed by atoms with Crippen molar-refractivity contribution in [3.63, 3.8) is 0 Å². The molecular formula is C8H5F3N2. The van der Waals surface area contributed by atoms with Crippen molar-refractivity contribution in [3.8, 4) is 6.07 Å². The Morgan fingerprint density at radius 1 is 1.54 bits per heavy atom. The van der Waals surface area contributed by atoms with Crippen LogP contribution in [0.1, 0.15) is 17.6 Å². The molecule has 0 fully saturated rings. The quantitative estimate of drug-likeness (QED) is 0.664. The number of nitriles is 1. The van der Waals surface area contributed by atoms with E-state index in [0.717, 1.165) is 12.3 Å². The van der Waals surface area contributed by atoms with E-state index < -0.39 is 12.4 Å². The van der Waals surface area contributed by atoms with Crippen LogP contribution in [0.3, 0.4) is 0 Å². The summed E-state index contributed by atoms with van der Waals surface area (Å²) < 4.78 is 36.9. The molecule has 0 N–H and O–H groups in total. The topological polar surface area (TPSA) is 36.7 Å². The van der Waals surface area contributed by atoms with E-state index >= 15 is 0 Å². The van der Waals surface area contributed by atoms with Crippen molar-refractivity contribution in [3.05, 3.63) is 29.3 Å². The fourth-order valence-corrected chi connectivity index (χ4v) is 0.841. The van der Waals surface area contributed by atoms with Gasteiger partial charge < -0.3 is 0 Å². The molecule has 1 aromatic heterocycles. The number of hydrogen-bond donors (Lipinski definition) is 0.